The molecule has 0 aliphatic rings. The average molecular weight is 282 g/mol. The van der Waals surface area contributed by atoms with Gasteiger partial charge >= 0.3 is 11.9 Å². The van der Waals surface area contributed by atoms with Crippen molar-refractivity contribution < 1.29 is 19.8 Å². The number of rotatable bonds is 4. The summed E-state index contributed by atoms with van der Waals surface area (Å²) < 4.78 is -1.77. The predicted octanol–water partition coefficient (Wildman–Crippen LogP) is 2.46. The van der Waals surface area contributed by atoms with Crippen molar-refractivity contribution in [2.24, 2.45) is 0 Å². The first-order valence-corrected chi connectivity index (χ1v) is 6.42. The monoisotopic (exact) mass is 282 g/mol. The van der Waals surface area contributed by atoms with E-state index in [2.05, 4.69) is 0 Å². The van der Waals surface area contributed by atoms with Crippen LogP contribution in [0.5, 0.6) is 0 Å². The Morgan fingerprint density at radius 1 is 0.938 bits per heavy atom. The van der Waals surface area contributed by atoms with Gasteiger partial charge in [-0.2, -0.15) is 0 Å². The van der Waals surface area contributed by atoms with E-state index in [0.29, 0.717) is 3.53 Å². The Bertz CT molecular complexity index is 293. The van der Waals surface area contributed by atoms with Gasteiger partial charge in [0.2, 0.25) is 0 Å². The van der Waals surface area contributed by atoms with Crippen molar-refractivity contribution >= 4 is 51.2 Å². The molecule has 0 unspecified atom stereocenters. The lowest BCUT2D eigenvalue weighted by molar-refractivity contribution is -0.139. The van der Waals surface area contributed by atoms with E-state index in [0.717, 1.165) is 23.5 Å². The fourth-order valence-electron chi connectivity index (χ4n) is 0.525. The molecule has 16 heavy (non-hydrogen) atoms. The number of aliphatic carboxylic acids is 2. The molecule has 0 aromatic carbocycles. The number of carbonyl (C=O) groups is 2. The van der Waals surface area contributed by atoms with Crippen LogP contribution in [0.15, 0.2) is 0 Å². The molecule has 0 heterocycles. The Morgan fingerprint density at radius 3 is 1.38 bits per heavy atom. The smallest absolute Gasteiger partial charge is 0.319 e. The summed E-state index contributed by atoms with van der Waals surface area (Å²) in [6.45, 7) is 6.11. The zero-order valence-electron chi connectivity index (χ0n) is 9.44. The van der Waals surface area contributed by atoms with Crippen molar-refractivity contribution in [2.75, 3.05) is 0 Å². The molecule has 0 atom stereocenters. The first-order valence-electron chi connectivity index (χ1n) is 4.38. The van der Waals surface area contributed by atoms with E-state index in [4.69, 9.17) is 22.4 Å². The van der Waals surface area contributed by atoms with Crippen LogP contribution in [0, 0.1) is 0 Å². The van der Waals surface area contributed by atoms with Crippen molar-refractivity contribution in [3.8, 4) is 0 Å². The van der Waals surface area contributed by atoms with Gasteiger partial charge in [-0.3, -0.25) is 9.59 Å². The molecule has 0 fully saturated rings. The van der Waals surface area contributed by atoms with Crippen LogP contribution in [-0.2, 0) is 9.59 Å². The molecule has 0 spiro atoms. The Hall–Kier alpha value is -0.270. The summed E-state index contributed by atoms with van der Waals surface area (Å²) in [6, 6.07) is 0. The summed E-state index contributed by atoms with van der Waals surface area (Å²) in [7, 11) is 0. The molecular weight excluding hydrogens is 268 g/mol. The number of hydrogen-bond donors (Lipinski definition) is 2. The minimum absolute atomic E-state index is 0.319. The Balaban J connectivity index is 4.52. The average Bonchev–Trinajstić information content (AvgIpc) is 2.00. The minimum Gasteiger partial charge on any atom is -0.480 e. The standard InChI is InChI=1S/C9H14O4S3/c1-8(2,5(10)11)15-7(14)16-9(3,4)6(12)13/h1-4H3,(H,10,11)(H,12,13). The van der Waals surface area contributed by atoms with Crippen molar-refractivity contribution in [1.29, 1.82) is 0 Å². The molecule has 92 valence electrons. The maximum absolute atomic E-state index is 10.8. The number of thiocarbonyl (C=S) groups is 1. The summed E-state index contributed by atoms with van der Waals surface area (Å²) in [4.78, 5) is 21.7. The van der Waals surface area contributed by atoms with Gasteiger partial charge in [0.25, 0.3) is 0 Å². The second kappa shape index (κ2) is 5.37. The summed E-state index contributed by atoms with van der Waals surface area (Å²) in [5, 5.41) is 17.8. The normalized spacial score (nSPS) is 12.2. The van der Waals surface area contributed by atoms with Crippen LogP contribution < -0.4 is 0 Å². The molecule has 4 nitrogen and oxygen atoms in total. The molecule has 0 saturated heterocycles. The number of carboxylic acids is 2. The van der Waals surface area contributed by atoms with Crippen LogP contribution in [0.2, 0.25) is 0 Å². The quantitative estimate of drug-likeness (QED) is 0.767. The van der Waals surface area contributed by atoms with Crippen molar-refractivity contribution in [2.45, 2.75) is 37.2 Å². The lowest BCUT2D eigenvalue weighted by Gasteiger charge is -2.22. The van der Waals surface area contributed by atoms with Gasteiger partial charge in [0, 0.05) is 0 Å². The molecule has 0 aromatic heterocycles. The lowest BCUT2D eigenvalue weighted by Crippen LogP contribution is -2.31. The first kappa shape index (κ1) is 15.7. The molecule has 0 bridgehead atoms. The molecule has 7 heteroatoms. The van der Waals surface area contributed by atoms with Crippen LogP contribution in [-0.4, -0.2) is 35.2 Å². The van der Waals surface area contributed by atoms with E-state index in [1.165, 1.54) is 27.7 Å². The maximum atomic E-state index is 10.8. The zero-order chi connectivity index (χ0) is 13.1. The molecule has 2 N–H and O–H groups in total. The fraction of sp³-hybridized carbons (Fsp3) is 0.667. The largest absolute Gasteiger partial charge is 0.480 e. The minimum atomic E-state index is -1.04. The lowest BCUT2D eigenvalue weighted by atomic mass is 10.2. The van der Waals surface area contributed by atoms with E-state index in [-0.39, 0.29) is 0 Å². The van der Waals surface area contributed by atoms with Gasteiger partial charge in [-0.1, -0.05) is 35.7 Å². The van der Waals surface area contributed by atoms with E-state index >= 15 is 0 Å². The van der Waals surface area contributed by atoms with Gasteiger partial charge in [0.15, 0.2) is 0 Å². The van der Waals surface area contributed by atoms with Crippen LogP contribution in [0.3, 0.4) is 0 Å². The summed E-state index contributed by atoms with van der Waals surface area (Å²) in [5.41, 5.74) is 0. The highest BCUT2D eigenvalue weighted by molar-refractivity contribution is 8.48. The number of hydrogen-bond acceptors (Lipinski definition) is 5. The molecular formula is C9H14O4S3. The highest BCUT2D eigenvalue weighted by Gasteiger charge is 2.34. The van der Waals surface area contributed by atoms with Gasteiger partial charge in [0.05, 0.1) is 0 Å². The fourth-order valence-corrected chi connectivity index (χ4v) is 4.20. The van der Waals surface area contributed by atoms with Crippen molar-refractivity contribution in [3.05, 3.63) is 0 Å². The third kappa shape index (κ3) is 4.71. The SMILES string of the molecule is CC(C)(SC(=S)SC(C)(C)C(=O)O)C(=O)O. The first-order chi connectivity index (χ1) is 6.99. The van der Waals surface area contributed by atoms with E-state index in [9.17, 15) is 9.59 Å². The maximum Gasteiger partial charge on any atom is 0.319 e. The summed E-state index contributed by atoms with van der Waals surface area (Å²) in [5.74, 6) is -1.96. The highest BCUT2D eigenvalue weighted by Crippen LogP contribution is 2.36. The number of thioether (sulfide) groups is 2. The Labute approximate surface area is 108 Å². The van der Waals surface area contributed by atoms with Gasteiger partial charge in [-0.25, -0.2) is 0 Å². The molecule has 0 amide bonds. The molecule has 0 aromatic rings. The Morgan fingerprint density at radius 2 is 1.19 bits per heavy atom. The van der Waals surface area contributed by atoms with E-state index in [1.54, 1.807) is 0 Å². The van der Waals surface area contributed by atoms with Crippen LogP contribution in [0.4, 0.5) is 0 Å². The van der Waals surface area contributed by atoms with Crippen LogP contribution in [0.1, 0.15) is 27.7 Å². The van der Waals surface area contributed by atoms with Gasteiger partial charge < -0.3 is 10.2 Å². The van der Waals surface area contributed by atoms with Crippen LogP contribution >= 0.6 is 35.7 Å². The van der Waals surface area contributed by atoms with Crippen molar-refractivity contribution in [3.63, 3.8) is 0 Å². The van der Waals surface area contributed by atoms with Gasteiger partial charge in [-0.15, -0.1) is 0 Å². The third-order valence-electron chi connectivity index (χ3n) is 1.71. The second-order valence-corrected chi connectivity index (χ2v) is 8.53. The summed E-state index contributed by atoms with van der Waals surface area (Å²) in [6.07, 6.45) is 0. The third-order valence-corrected chi connectivity index (χ3v) is 4.41. The highest BCUT2D eigenvalue weighted by atomic mass is 32.2. The van der Waals surface area contributed by atoms with E-state index < -0.39 is 21.4 Å². The van der Waals surface area contributed by atoms with Crippen LogP contribution in [0.25, 0.3) is 0 Å². The van der Waals surface area contributed by atoms with Gasteiger partial charge in [-0.05, 0) is 27.7 Å². The zero-order valence-corrected chi connectivity index (χ0v) is 11.9. The molecule has 0 aliphatic carbocycles. The predicted molar refractivity (Wildman–Crippen MR) is 71.2 cm³/mol. The topological polar surface area (TPSA) is 74.6 Å². The molecule has 0 saturated carbocycles. The second-order valence-electron chi connectivity index (χ2n) is 4.09. The van der Waals surface area contributed by atoms with Gasteiger partial charge in [0.1, 0.15) is 13.0 Å². The molecule has 0 aliphatic heterocycles. The Kier molecular flexibility index (Phi) is 5.28. The van der Waals surface area contributed by atoms with E-state index in [1.807, 2.05) is 0 Å². The molecule has 0 radical (unpaired) electrons. The molecule has 0 rings (SSSR count). The van der Waals surface area contributed by atoms with Crippen molar-refractivity contribution in [1.82, 2.24) is 0 Å². The summed E-state index contributed by atoms with van der Waals surface area (Å²) >= 11 is 6.96. The number of carboxylic acid groups (broad SMARTS) is 2.